The number of carbonyl (C=O) groups is 1. The minimum atomic E-state index is 0.166. The molecule has 18 heavy (non-hydrogen) atoms. The third kappa shape index (κ3) is 2.77. The molecule has 0 atom stereocenters. The fourth-order valence-electron chi connectivity index (χ4n) is 2.00. The van der Waals surface area contributed by atoms with Crippen molar-refractivity contribution in [2.24, 2.45) is 0 Å². The normalized spacial score (nSPS) is 10.1. The third-order valence-electron chi connectivity index (χ3n) is 2.80. The number of ketones is 1. The van der Waals surface area contributed by atoms with Crippen molar-refractivity contribution in [3.63, 3.8) is 0 Å². The molecule has 2 nitrogen and oxygen atoms in total. The van der Waals surface area contributed by atoms with Crippen molar-refractivity contribution in [2.75, 3.05) is 7.11 Å². The maximum atomic E-state index is 11.2. The van der Waals surface area contributed by atoms with Gasteiger partial charge in [0.2, 0.25) is 0 Å². The first kappa shape index (κ1) is 12.4. The molecule has 0 radical (unpaired) electrons. The summed E-state index contributed by atoms with van der Waals surface area (Å²) in [7, 11) is 1.66. The molecular formula is C16H16O2. The zero-order valence-corrected chi connectivity index (χ0v) is 10.6. The third-order valence-corrected chi connectivity index (χ3v) is 2.80. The van der Waals surface area contributed by atoms with Crippen LogP contribution in [-0.4, -0.2) is 12.9 Å². The molecule has 2 aromatic rings. The number of rotatable bonds is 4. The predicted octanol–water partition coefficient (Wildman–Crippen LogP) is 3.49. The lowest BCUT2D eigenvalue weighted by Crippen LogP contribution is -1.97. The van der Waals surface area contributed by atoms with Crippen molar-refractivity contribution >= 4 is 5.78 Å². The van der Waals surface area contributed by atoms with Gasteiger partial charge in [0.15, 0.2) is 0 Å². The maximum absolute atomic E-state index is 11.2. The molecule has 0 unspecified atom stereocenters. The van der Waals surface area contributed by atoms with Crippen LogP contribution in [0, 0.1) is 0 Å². The van der Waals surface area contributed by atoms with Crippen LogP contribution in [0.4, 0.5) is 0 Å². The molecule has 0 bridgehead atoms. The summed E-state index contributed by atoms with van der Waals surface area (Å²) in [6, 6.07) is 15.9. The van der Waals surface area contributed by atoms with Gasteiger partial charge in [-0.2, -0.15) is 0 Å². The molecule has 0 spiro atoms. The lowest BCUT2D eigenvalue weighted by atomic mass is 10.00. The number of Topliss-reactive ketones (excluding diaryl/α,β-unsaturated/α-hetero) is 1. The van der Waals surface area contributed by atoms with E-state index in [4.69, 9.17) is 4.74 Å². The second kappa shape index (κ2) is 5.50. The standard InChI is InChI=1S/C16H16O2/c1-12(17)10-13-8-9-16(18-2)15(11-13)14-6-4-3-5-7-14/h3-9,11H,10H2,1-2H3. The zero-order chi connectivity index (χ0) is 13.0. The molecule has 0 N–H and O–H groups in total. The Morgan fingerprint density at radius 1 is 1.11 bits per heavy atom. The van der Waals surface area contributed by atoms with Crippen LogP contribution in [0.1, 0.15) is 12.5 Å². The van der Waals surface area contributed by atoms with E-state index in [1.165, 1.54) is 0 Å². The Morgan fingerprint density at radius 3 is 2.44 bits per heavy atom. The van der Waals surface area contributed by atoms with E-state index in [1.807, 2.05) is 48.5 Å². The zero-order valence-electron chi connectivity index (χ0n) is 10.6. The van der Waals surface area contributed by atoms with Crippen LogP contribution < -0.4 is 4.74 Å². The highest BCUT2D eigenvalue weighted by Crippen LogP contribution is 2.30. The quantitative estimate of drug-likeness (QED) is 0.817. The van der Waals surface area contributed by atoms with Crippen molar-refractivity contribution in [1.82, 2.24) is 0 Å². The molecule has 0 aromatic heterocycles. The van der Waals surface area contributed by atoms with Crippen molar-refractivity contribution < 1.29 is 9.53 Å². The highest BCUT2D eigenvalue weighted by Gasteiger charge is 2.07. The molecule has 2 heteroatoms. The molecule has 0 aliphatic carbocycles. The van der Waals surface area contributed by atoms with Gasteiger partial charge in [-0.1, -0.05) is 36.4 Å². The first-order chi connectivity index (χ1) is 8.70. The largest absolute Gasteiger partial charge is 0.496 e. The number of methoxy groups -OCH3 is 1. The summed E-state index contributed by atoms with van der Waals surface area (Å²) in [6.07, 6.45) is 0.462. The molecule has 2 aromatic carbocycles. The molecule has 0 aliphatic heterocycles. The van der Waals surface area contributed by atoms with Crippen molar-refractivity contribution in [2.45, 2.75) is 13.3 Å². The van der Waals surface area contributed by atoms with Crippen molar-refractivity contribution in [3.05, 3.63) is 54.1 Å². The van der Waals surface area contributed by atoms with Gasteiger partial charge >= 0.3 is 0 Å². The average molecular weight is 240 g/mol. The average Bonchev–Trinajstić information content (AvgIpc) is 2.39. The fourth-order valence-corrected chi connectivity index (χ4v) is 2.00. The van der Waals surface area contributed by atoms with Gasteiger partial charge in [0.05, 0.1) is 7.11 Å². The molecule has 0 fully saturated rings. The van der Waals surface area contributed by atoms with Gasteiger partial charge in [0.25, 0.3) is 0 Å². The van der Waals surface area contributed by atoms with E-state index >= 15 is 0 Å². The molecule has 0 heterocycles. The lowest BCUT2D eigenvalue weighted by Gasteiger charge is -2.10. The summed E-state index contributed by atoms with van der Waals surface area (Å²) in [5.41, 5.74) is 3.14. The predicted molar refractivity (Wildman–Crippen MR) is 72.8 cm³/mol. The maximum Gasteiger partial charge on any atom is 0.134 e. The lowest BCUT2D eigenvalue weighted by molar-refractivity contribution is -0.116. The van der Waals surface area contributed by atoms with E-state index in [-0.39, 0.29) is 5.78 Å². The Bertz CT molecular complexity index is 544. The second-order valence-corrected chi connectivity index (χ2v) is 4.28. The van der Waals surface area contributed by atoms with Crippen molar-refractivity contribution in [3.8, 4) is 16.9 Å². The molecule has 92 valence electrons. The molecule has 0 saturated heterocycles. The fraction of sp³-hybridized carbons (Fsp3) is 0.188. The first-order valence-electron chi connectivity index (χ1n) is 5.92. The van der Waals surface area contributed by atoms with E-state index in [1.54, 1.807) is 14.0 Å². The van der Waals surface area contributed by atoms with Crippen LogP contribution >= 0.6 is 0 Å². The van der Waals surface area contributed by atoms with Crippen LogP contribution in [-0.2, 0) is 11.2 Å². The SMILES string of the molecule is COc1ccc(CC(C)=O)cc1-c1ccccc1. The summed E-state index contributed by atoms with van der Waals surface area (Å²) in [6.45, 7) is 1.60. The number of ether oxygens (including phenoxy) is 1. The van der Waals surface area contributed by atoms with E-state index in [9.17, 15) is 4.79 Å². The minimum Gasteiger partial charge on any atom is -0.496 e. The van der Waals surface area contributed by atoms with Crippen LogP contribution in [0.5, 0.6) is 5.75 Å². The second-order valence-electron chi connectivity index (χ2n) is 4.28. The Morgan fingerprint density at radius 2 is 1.83 bits per heavy atom. The minimum absolute atomic E-state index is 0.166. The van der Waals surface area contributed by atoms with E-state index < -0.39 is 0 Å². The van der Waals surface area contributed by atoms with Gasteiger partial charge in [-0.15, -0.1) is 0 Å². The van der Waals surface area contributed by atoms with E-state index in [0.717, 1.165) is 22.4 Å². The molecular weight excluding hydrogens is 224 g/mol. The van der Waals surface area contributed by atoms with E-state index in [2.05, 4.69) is 0 Å². The van der Waals surface area contributed by atoms with Crippen molar-refractivity contribution in [1.29, 1.82) is 0 Å². The van der Waals surface area contributed by atoms with Gasteiger partial charge < -0.3 is 4.74 Å². The first-order valence-corrected chi connectivity index (χ1v) is 5.92. The number of hydrogen-bond donors (Lipinski definition) is 0. The summed E-state index contributed by atoms with van der Waals surface area (Å²) >= 11 is 0. The smallest absolute Gasteiger partial charge is 0.134 e. The Balaban J connectivity index is 2.46. The summed E-state index contributed by atoms with van der Waals surface area (Å²) in [5.74, 6) is 0.993. The summed E-state index contributed by atoms with van der Waals surface area (Å²) in [5, 5.41) is 0. The highest BCUT2D eigenvalue weighted by molar-refractivity contribution is 5.79. The van der Waals surface area contributed by atoms with Gasteiger partial charge in [-0.05, 0) is 30.2 Å². The number of hydrogen-bond acceptors (Lipinski definition) is 2. The van der Waals surface area contributed by atoms with Gasteiger partial charge in [-0.3, -0.25) is 4.79 Å². The van der Waals surface area contributed by atoms with Crippen LogP contribution in [0.2, 0.25) is 0 Å². The van der Waals surface area contributed by atoms with Crippen LogP contribution in [0.15, 0.2) is 48.5 Å². The van der Waals surface area contributed by atoms with Crippen LogP contribution in [0.25, 0.3) is 11.1 Å². The Hall–Kier alpha value is -2.09. The number of carbonyl (C=O) groups excluding carboxylic acids is 1. The Kier molecular flexibility index (Phi) is 3.78. The molecule has 2 rings (SSSR count). The van der Waals surface area contributed by atoms with E-state index in [0.29, 0.717) is 6.42 Å². The molecule has 0 amide bonds. The van der Waals surface area contributed by atoms with Crippen LogP contribution in [0.3, 0.4) is 0 Å². The topological polar surface area (TPSA) is 26.3 Å². The molecule has 0 aliphatic rings. The summed E-state index contributed by atoms with van der Waals surface area (Å²) in [4.78, 5) is 11.2. The molecule has 0 saturated carbocycles. The van der Waals surface area contributed by atoms with Gasteiger partial charge in [-0.25, -0.2) is 0 Å². The van der Waals surface area contributed by atoms with Gasteiger partial charge in [0, 0.05) is 12.0 Å². The summed E-state index contributed by atoms with van der Waals surface area (Å²) < 4.78 is 5.37. The Labute approximate surface area is 107 Å². The monoisotopic (exact) mass is 240 g/mol. The number of benzene rings is 2. The van der Waals surface area contributed by atoms with Gasteiger partial charge in [0.1, 0.15) is 11.5 Å². The highest BCUT2D eigenvalue weighted by atomic mass is 16.5.